The maximum Gasteiger partial charge on any atom is 0.137 e. The van der Waals surface area contributed by atoms with Crippen LogP contribution in [0, 0.1) is 17.0 Å². The summed E-state index contributed by atoms with van der Waals surface area (Å²) in [4.78, 5) is 0.650. The van der Waals surface area contributed by atoms with Crippen molar-refractivity contribution in [2.75, 3.05) is 0 Å². The molecule has 0 aromatic heterocycles. The van der Waals surface area contributed by atoms with Crippen molar-refractivity contribution < 1.29 is 8.78 Å². The van der Waals surface area contributed by atoms with Gasteiger partial charge in [-0.05, 0) is 30.3 Å². The van der Waals surface area contributed by atoms with Crippen molar-refractivity contribution >= 4 is 17.6 Å². The van der Waals surface area contributed by atoms with E-state index in [1.807, 2.05) is 0 Å². The highest BCUT2D eigenvalue weighted by Gasteiger charge is 2.09. The summed E-state index contributed by atoms with van der Waals surface area (Å²) in [5.74, 6) is -1.11. The molecule has 0 saturated carbocycles. The molecule has 5 heteroatoms. The zero-order valence-electron chi connectivity index (χ0n) is 9.28. The van der Waals surface area contributed by atoms with E-state index in [9.17, 15) is 8.78 Å². The molecule has 0 fully saturated rings. The third-order valence-corrected chi connectivity index (χ3v) is 3.40. The lowest BCUT2D eigenvalue weighted by Crippen LogP contribution is -2.11. The van der Waals surface area contributed by atoms with Crippen LogP contribution in [0.2, 0.25) is 0 Å². The summed E-state index contributed by atoms with van der Waals surface area (Å²) in [5.41, 5.74) is 5.57. The number of nitrogens with two attached hydrogens (primary N) is 1. The van der Waals surface area contributed by atoms with E-state index in [0.717, 1.165) is 11.8 Å². The first-order valence-electron chi connectivity index (χ1n) is 5.14. The molecule has 3 N–H and O–H groups in total. The van der Waals surface area contributed by atoms with Crippen LogP contribution in [0.3, 0.4) is 0 Å². The molecule has 0 aliphatic heterocycles. The first kappa shape index (κ1) is 12.6. The Balaban J connectivity index is 2.30. The van der Waals surface area contributed by atoms with E-state index in [2.05, 4.69) is 0 Å². The molecule has 2 aromatic rings. The van der Waals surface area contributed by atoms with Crippen molar-refractivity contribution in [3.05, 3.63) is 59.7 Å². The molecule has 0 atom stereocenters. The Labute approximate surface area is 107 Å². The Morgan fingerprint density at radius 2 is 1.67 bits per heavy atom. The van der Waals surface area contributed by atoms with E-state index in [0.29, 0.717) is 15.4 Å². The SMILES string of the molecule is N=C(N)c1ccc(Sc2ccccc2F)c(F)c1. The number of amidine groups is 1. The predicted molar refractivity (Wildman–Crippen MR) is 67.9 cm³/mol. The molecule has 0 heterocycles. The second-order valence-corrected chi connectivity index (χ2v) is 4.68. The van der Waals surface area contributed by atoms with Crippen LogP contribution in [0.15, 0.2) is 52.3 Å². The molecule has 0 spiro atoms. The molecular formula is C13H10F2N2S. The number of hydrogen-bond donors (Lipinski definition) is 2. The average Bonchev–Trinajstić information content (AvgIpc) is 2.34. The maximum absolute atomic E-state index is 13.7. The van der Waals surface area contributed by atoms with Gasteiger partial charge in [0.1, 0.15) is 17.5 Å². The molecule has 0 aliphatic carbocycles. The number of nitrogens with one attached hydrogen (secondary N) is 1. The summed E-state index contributed by atoms with van der Waals surface area (Å²) < 4.78 is 27.1. The minimum Gasteiger partial charge on any atom is -0.384 e. The van der Waals surface area contributed by atoms with Crippen LogP contribution in [-0.4, -0.2) is 5.84 Å². The van der Waals surface area contributed by atoms with Gasteiger partial charge in [0.2, 0.25) is 0 Å². The lowest BCUT2D eigenvalue weighted by molar-refractivity contribution is 0.595. The fourth-order valence-corrected chi connectivity index (χ4v) is 2.24. The zero-order chi connectivity index (χ0) is 13.1. The van der Waals surface area contributed by atoms with E-state index in [-0.39, 0.29) is 5.84 Å². The number of rotatable bonds is 3. The summed E-state index contributed by atoms with van der Waals surface area (Å²) >= 11 is 1.000. The van der Waals surface area contributed by atoms with Crippen molar-refractivity contribution in [3.8, 4) is 0 Å². The highest BCUT2D eigenvalue weighted by molar-refractivity contribution is 7.99. The Morgan fingerprint density at radius 3 is 2.28 bits per heavy atom. The molecular weight excluding hydrogens is 254 g/mol. The molecule has 92 valence electrons. The summed E-state index contributed by atoms with van der Waals surface area (Å²) in [6.07, 6.45) is 0. The van der Waals surface area contributed by atoms with E-state index < -0.39 is 11.6 Å². The van der Waals surface area contributed by atoms with Gasteiger partial charge in [0.25, 0.3) is 0 Å². The van der Waals surface area contributed by atoms with Gasteiger partial charge in [-0.25, -0.2) is 8.78 Å². The highest BCUT2D eigenvalue weighted by atomic mass is 32.2. The number of hydrogen-bond acceptors (Lipinski definition) is 2. The first-order chi connectivity index (χ1) is 8.58. The van der Waals surface area contributed by atoms with Crippen LogP contribution in [0.25, 0.3) is 0 Å². The summed E-state index contributed by atoms with van der Waals surface area (Å²) in [5, 5.41) is 7.20. The van der Waals surface area contributed by atoms with Crippen molar-refractivity contribution in [3.63, 3.8) is 0 Å². The molecule has 0 bridgehead atoms. The van der Waals surface area contributed by atoms with Crippen molar-refractivity contribution in [1.82, 2.24) is 0 Å². The maximum atomic E-state index is 13.7. The van der Waals surface area contributed by atoms with Gasteiger partial charge in [-0.1, -0.05) is 23.9 Å². The lowest BCUT2D eigenvalue weighted by atomic mass is 10.2. The first-order valence-corrected chi connectivity index (χ1v) is 5.96. The number of nitrogen functional groups attached to an aromatic ring is 1. The second-order valence-electron chi connectivity index (χ2n) is 3.59. The minimum atomic E-state index is -0.518. The Kier molecular flexibility index (Phi) is 3.62. The smallest absolute Gasteiger partial charge is 0.137 e. The van der Waals surface area contributed by atoms with E-state index in [1.54, 1.807) is 18.2 Å². The van der Waals surface area contributed by atoms with Gasteiger partial charge >= 0.3 is 0 Å². The Morgan fingerprint density at radius 1 is 1.00 bits per heavy atom. The fourth-order valence-electron chi connectivity index (χ4n) is 1.40. The number of benzene rings is 2. The fraction of sp³-hybridized carbons (Fsp3) is 0. The summed E-state index contributed by atoms with van der Waals surface area (Å²) in [7, 11) is 0. The molecule has 2 rings (SSSR count). The average molecular weight is 264 g/mol. The van der Waals surface area contributed by atoms with Gasteiger partial charge in [-0.3, -0.25) is 5.41 Å². The molecule has 0 aliphatic rings. The van der Waals surface area contributed by atoms with Gasteiger partial charge < -0.3 is 5.73 Å². The van der Waals surface area contributed by atoms with Crippen LogP contribution < -0.4 is 5.73 Å². The second kappa shape index (κ2) is 5.18. The van der Waals surface area contributed by atoms with Crippen molar-refractivity contribution in [2.24, 2.45) is 5.73 Å². The third-order valence-electron chi connectivity index (χ3n) is 2.30. The highest BCUT2D eigenvalue weighted by Crippen LogP contribution is 2.31. The van der Waals surface area contributed by atoms with Gasteiger partial charge in [0.05, 0.1) is 0 Å². The third kappa shape index (κ3) is 2.68. The lowest BCUT2D eigenvalue weighted by Gasteiger charge is -2.06. The molecule has 0 amide bonds. The standard InChI is InChI=1S/C13H10F2N2S/c14-9-3-1-2-4-11(9)18-12-6-5-8(13(16)17)7-10(12)15/h1-7H,(H3,16,17). The molecule has 2 aromatic carbocycles. The quantitative estimate of drug-likeness (QED) is 0.659. The van der Waals surface area contributed by atoms with Gasteiger partial charge in [0, 0.05) is 15.4 Å². The Bertz CT molecular complexity index is 599. The number of halogens is 2. The van der Waals surface area contributed by atoms with Crippen LogP contribution in [0.1, 0.15) is 5.56 Å². The zero-order valence-corrected chi connectivity index (χ0v) is 10.1. The van der Waals surface area contributed by atoms with Crippen LogP contribution in [0.4, 0.5) is 8.78 Å². The van der Waals surface area contributed by atoms with Crippen molar-refractivity contribution in [1.29, 1.82) is 5.41 Å². The van der Waals surface area contributed by atoms with Gasteiger partial charge in [0.15, 0.2) is 0 Å². The minimum absolute atomic E-state index is 0.198. The van der Waals surface area contributed by atoms with Gasteiger partial charge in [-0.2, -0.15) is 0 Å². The van der Waals surface area contributed by atoms with Crippen LogP contribution in [-0.2, 0) is 0 Å². The summed E-state index contributed by atoms with van der Waals surface area (Å²) in [6.45, 7) is 0. The molecule has 0 unspecified atom stereocenters. The summed E-state index contributed by atoms with van der Waals surface area (Å²) in [6, 6.07) is 10.4. The van der Waals surface area contributed by atoms with Crippen molar-refractivity contribution in [2.45, 2.75) is 9.79 Å². The Hall–Kier alpha value is -1.88. The van der Waals surface area contributed by atoms with Crippen LogP contribution in [0.5, 0.6) is 0 Å². The molecule has 18 heavy (non-hydrogen) atoms. The molecule has 0 saturated heterocycles. The van der Waals surface area contributed by atoms with Gasteiger partial charge in [-0.15, -0.1) is 0 Å². The van der Waals surface area contributed by atoms with E-state index >= 15 is 0 Å². The topological polar surface area (TPSA) is 49.9 Å². The normalized spacial score (nSPS) is 10.3. The van der Waals surface area contributed by atoms with E-state index in [1.165, 1.54) is 24.3 Å². The predicted octanol–water partition coefficient (Wildman–Crippen LogP) is 3.40. The molecule has 0 radical (unpaired) electrons. The van der Waals surface area contributed by atoms with Crippen LogP contribution >= 0.6 is 11.8 Å². The largest absolute Gasteiger partial charge is 0.384 e. The molecule has 2 nitrogen and oxygen atoms in total. The monoisotopic (exact) mass is 264 g/mol. The van der Waals surface area contributed by atoms with E-state index in [4.69, 9.17) is 11.1 Å².